The quantitative estimate of drug-likeness (QED) is 0.917. The highest BCUT2D eigenvalue weighted by Gasteiger charge is 2.45. The molecule has 1 N–H and O–H groups in total. The molecule has 2 aliphatic heterocycles. The summed E-state index contributed by atoms with van der Waals surface area (Å²) in [4.78, 5) is 13.9. The maximum Gasteiger partial charge on any atom is 0.292 e. The van der Waals surface area contributed by atoms with E-state index >= 15 is 0 Å². The number of carbonyl (C=O) groups is 1. The largest absolute Gasteiger partial charge is 0.497 e. The highest BCUT2D eigenvalue weighted by molar-refractivity contribution is 7.99. The highest BCUT2D eigenvalue weighted by Crippen LogP contribution is 2.31. The number of fused-ring (bicyclic) bond motifs is 1. The lowest BCUT2D eigenvalue weighted by atomic mass is 10.1. The van der Waals surface area contributed by atoms with Crippen LogP contribution in [0.3, 0.4) is 0 Å². The van der Waals surface area contributed by atoms with Crippen molar-refractivity contribution in [2.75, 3.05) is 18.6 Å². The first-order valence-electron chi connectivity index (χ1n) is 6.47. The molecule has 2 aliphatic rings. The maximum absolute atomic E-state index is 12.4. The van der Waals surface area contributed by atoms with Crippen molar-refractivity contribution in [1.82, 2.24) is 4.90 Å². The minimum absolute atomic E-state index is 0.00110. The Hall–Kier alpha value is -1.69. The van der Waals surface area contributed by atoms with Gasteiger partial charge in [0.2, 0.25) is 5.91 Å². The van der Waals surface area contributed by atoms with Crippen LogP contribution in [-0.2, 0) is 16.0 Å². The van der Waals surface area contributed by atoms with Crippen molar-refractivity contribution >= 4 is 23.7 Å². The molecule has 0 spiro atoms. The van der Waals surface area contributed by atoms with E-state index in [2.05, 4.69) is 0 Å². The molecule has 1 amide bonds. The molecule has 0 radical (unpaired) electrons. The number of carbonyl (C=O) groups excluding carboxylic acids is 1. The molecule has 0 unspecified atom stereocenters. The van der Waals surface area contributed by atoms with Gasteiger partial charge in [-0.3, -0.25) is 15.1 Å². The maximum atomic E-state index is 12.4. The molecule has 106 valence electrons. The summed E-state index contributed by atoms with van der Waals surface area (Å²) in [6, 6.07) is 7.44. The Bertz CT molecular complexity index is 532. The third-order valence-corrected chi connectivity index (χ3v) is 4.74. The Morgan fingerprint density at radius 2 is 2.20 bits per heavy atom. The molecule has 2 saturated heterocycles. The molecule has 3 rings (SSSR count). The lowest BCUT2D eigenvalue weighted by molar-refractivity contribution is -0.127. The minimum Gasteiger partial charge on any atom is -0.497 e. The third kappa shape index (κ3) is 2.35. The Balaban J connectivity index is 1.70. The van der Waals surface area contributed by atoms with Crippen molar-refractivity contribution in [1.29, 1.82) is 5.41 Å². The topological polar surface area (TPSA) is 62.6 Å². The van der Waals surface area contributed by atoms with Crippen LogP contribution in [0.2, 0.25) is 0 Å². The molecule has 2 heterocycles. The zero-order valence-electron chi connectivity index (χ0n) is 11.2. The number of ether oxygens (including phenoxy) is 2. The first-order chi connectivity index (χ1) is 9.69. The van der Waals surface area contributed by atoms with Gasteiger partial charge in [0.05, 0.1) is 19.6 Å². The summed E-state index contributed by atoms with van der Waals surface area (Å²) in [5.41, 5.74) is 0.915. The number of methoxy groups -OCH3 is 1. The van der Waals surface area contributed by atoms with E-state index in [-0.39, 0.29) is 30.5 Å². The number of rotatable bonds is 3. The number of amides is 1. The van der Waals surface area contributed by atoms with E-state index in [1.54, 1.807) is 18.9 Å². The number of amidine groups is 1. The first kappa shape index (κ1) is 13.3. The molecular formula is C14H16N2O3S. The van der Waals surface area contributed by atoms with Crippen LogP contribution in [-0.4, -0.2) is 47.6 Å². The number of benzene rings is 1. The standard InChI is InChI=1S/C14H16N2O3S/c1-18-10-4-2-9(3-5-10)6-13(17)16-11-7-20-8-12(11)19-14(16)15/h2-5,11-12,15H,6-8H2,1H3/t11-,12-/m1/s1. The fourth-order valence-corrected chi connectivity index (χ4v) is 3.79. The number of nitrogens with one attached hydrogen (secondary N) is 1. The van der Waals surface area contributed by atoms with E-state index in [0.29, 0.717) is 0 Å². The first-order valence-corrected chi connectivity index (χ1v) is 7.62. The molecule has 0 aliphatic carbocycles. The molecule has 0 aromatic heterocycles. The summed E-state index contributed by atoms with van der Waals surface area (Å²) < 4.78 is 10.5. The smallest absolute Gasteiger partial charge is 0.292 e. The fraction of sp³-hybridized carbons (Fsp3) is 0.429. The Labute approximate surface area is 121 Å². The van der Waals surface area contributed by atoms with Crippen molar-refractivity contribution in [2.24, 2.45) is 0 Å². The van der Waals surface area contributed by atoms with Gasteiger partial charge in [0.1, 0.15) is 11.9 Å². The highest BCUT2D eigenvalue weighted by atomic mass is 32.2. The monoisotopic (exact) mass is 292 g/mol. The van der Waals surface area contributed by atoms with Crippen LogP contribution in [0.25, 0.3) is 0 Å². The number of nitrogens with zero attached hydrogens (tertiary/aromatic N) is 1. The molecule has 1 aromatic carbocycles. The van der Waals surface area contributed by atoms with Crippen LogP contribution in [0.15, 0.2) is 24.3 Å². The van der Waals surface area contributed by atoms with Crippen LogP contribution < -0.4 is 4.74 Å². The van der Waals surface area contributed by atoms with Gasteiger partial charge in [0.25, 0.3) is 6.02 Å². The third-order valence-electron chi connectivity index (χ3n) is 3.60. The molecule has 6 heteroatoms. The summed E-state index contributed by atoms with van der Waals surface area (Å²) in [5, 5.41) is 7.82. The Morgan fingerprint density at radius 3 is 2.90 bits per heavy atom. The van der Waals surface area contributed by atoms with Gasteiger partial charge in [0.15, 0.2) is 0 Å². The minimum atomic E-state index is -0.0739. The van der Waals surface area contributed by atoms with Gasteiger partial charge in [0, 0.05) is 11.5 Å². The zero-order valence-corrected chi connectivity index (χ0v) is 12.0. The predicted octanol–water partition coefficient (Wildman–Crippen LogP) is 1.52. The van der Waals surface area contributed by atoms with Crippen molar-refractivity contribution in [3.63, 3.8) is 0 Å². The Kier molecular flexibility index (Phi) is 3.56. The second-order valence-electron chi connectivity index (χ2n) is 4.85. The second kappa shape index (κ2) is 5.36. The molecular weight excluding hydrogens is 276 g/mol. The van der Waals surface area contributed by atoms with E-state index in [1.807, 2.05) is 24.3 Å². The fourth-order valence-electron chi connectivity index (χ4n) is 2.53. The van der Waals surface area contributed by atoms with Gasteiger partial charge in [-0.1, -0.05) is 12.1 Å². The van der Waals surface area contributed by atoms with Crippen LogP contribution in [0.1, 0.15) is 5.56 Å². The van der Waals surface area contributed by atoms with E-state index < -0.39 is 0 Å². The van der Waals surface area contributed by atoms with Crippen molar-refractivity contribution in [3.8, 4) is 5.75 Å². The van der Waals surface area contributed by atoms with Crippen LogP contribution in [0.4, 0.5) is 0 Å². The second-order valence-corrected chi connectivity index (χ2v) is 5.93. The van der Waals surface area contributed by atoms with Crippen molar-refractivity contribution in [3.05, 3.63) is 29.8 Å². The lowest BCUT2D eigenvalue weighted by Crippen LogP contribution is -2.42. The van der Waals surface area contributed by atoms with Gasteiger partial charge < -0.3 is 9.47 Å². The molecule has 20 heavy (non-hydrogen) atoms. The van der Waals surface area contributed by atoms with Crippen LogP contribution in [0.5, 0.6) is 5.75 Å². The molecule has 2 fully saturated rings. The van der Waals surface area contributed by atoms with E-state index in [0.717, 1.165) is 22.8 Å². The van der Waals surface area contributed by atoms with Gasteiger partial charge in [-0.2, -0.15) is 11.8 Å². The predicted molar refractivity (Wildman–Crippen MR) is 77.3 cm³/mol. The summed E-state index contributed by atoms with van der Waals surface area (Å²) >= 11 is 1.77. The summed E-state index contributed by atoms with van der Waals surface area (Å²) in [7, 11) is 1.61. The summed E-state index contributed by atoms with van der Waals surface area (Å²) in [5.74, 6) is 2.40. The van der Waals surface area contributed by atoms with Gasteiger partial charge >= 0.3 is 0 Å². The number of hydrogen-bond donors (Lipinski definition) is 1. The van der Waals surface area contributed by atoms with Gasteiger partial charge in [-0.05, 0) is 17.7 Å². The van der Waals surface area contributed by atoms with Crippen molar-refractivity contribution in [2.45, 2.75) is 18.6 Å². The Morgan fingerprint density at radius 1 is 1.45 bits per heavy atom. The van der Waals surface area contributed by atoms with E-state index in [4.69, 9.17) is 14.9 Å². The molecule has 0 saturated carbocycles. The molecule has 0 bridgehead atoms. The summed E-state index contributed by atoms with van der Waals surface area (Å²) in [6.45, 7) is 0. The number of thioether (sulfide) groups is 1. The van der Waals surface area contributed by atoms with Gasteiger partial charge in [-0.15, -0.1) is 0 Å². The average molecular weight is 292 g/mol. The van der Waals surface area contributed by atoms with Gasteiger partial charge in [-0.25, -0.2) is 0 Å². The van der Waals surface area contributed by atoms with E-state index in [1.165, 1.54) is 4.90 Å². The molecule has 1 aromatic rings. The van der Waals surface area contributed by atoms with Crippen LogP contribution in [0, 0.1) is 5.41 Å². The van der Waals surface area contributed by atoms with E-state index in [9.17, 15) is 4.79 Å². The molecule has 2 atom stereocenters. The lowest BCUT2D eigenvalue weighted by Gasteiger charge is -2.19. The zero-order chi connectivity index (χ0) is 14.1. The SMILES string of the molecule is COc1ccc(CC(=O)N2C(=N)O[C@@H]3CSC[C@H]32)cc1. The number of hydrogen-bond acceptors (Lipinski definition) is 5. The summed E-state index contributed by atoms with van der Waals surface area (Å²) in [6.07, 6.45) is 0.274. The van der Waals surface area contributed by atoms with Crippen molar-refractivity contribution < 1.29 is 14.3 Å². The normalized spacial score (nSPS) is 24.4. The van der Waals surface area contributed by atoms with Crippen LogP contribution >= 0.6 is 11.8 Å². The average Bonchev–Trinajstić information content (AvgIpc) is 2.99. The molecule has 5 nitrogen and oxygen atoms in total.